The van der Waals surface area contributed by atoms with Crippen LogP contribution in [0.2, 0.25) is 5.02 Å². The van der Waals surface area contributed by atoms with E-state index in [9.17, 15) is 4.79 Å². The van der Waals surface area contributed by atoms with Gasteiger partial charge in [0.1, 0.15) is 12.4 Å². The van der Waals surface area contributed by atoms with Crippen molar-refractivity contribution >= 4 is 39.7 Å². The topological polar surface area (TPSA) is 76.2 Å². The molecule has 0 unspecified atom stereocenters. The van der Waals surface area contributed by atoms with Crippen LogP contribution in [0.25, 0.3) is 10.9 Å². The quantitative estimate of drug-likeness (QED) is 0.596. The molecule has 27 heavy (non-hydrogen) atoms. The van der Waals surface area contributed by atoms with E-state index in [4.69, 9.17) is 21.1 Å². The summed E-state index contributed by atoms with van der Waals surface area (Å²) in [6, 6.07) is 5.73. The number of ether oxygens (including phenoxy) is 2. The van der Waals surface area contributed by atoms with Crippen LogP contribution >= 0.6 is 22.9 Å². The number of nitrogens with zero attached hydrogens (tertiary/aromatic N) is 1. The molecule has 2 aromatic heterocycles. The zero-order valence-corrected chi connectivity index (χ0v) is 16.5. The van der Waals surface area contributed by atoms with Crippen molar-refractivity contribution < 1.29 is 14.3 Å². The number of nitrogens with one attached hydrogen (secondary N) is 2. The fourth-order valence-corrected chi connectivity index (χ4v) is 3.86. The average Bonchev–Trinajstić information content (AvgIpc) is 3.08. The van der Waals surface area contributed by atoms with Crippen molar-refractivity contribution in [3.63, 3.8) is 0 Å². The number of rotatable bonds is 8. The van der Waals surface area contributed by atoms with Crippen molar-refractivity contribution in [1.29, 1.82) is 0 Å². The summed E-state index contributed by atoms with van der Waals surface area (Å²) in [7, 11) is 1.63. The van der Waals surface area contributed by atoms with Crippen LogP contribution in [0.4, 0.5) is 0 Å². The first-order valence-corrected chi connectivity index (χ1v) is 10.00. The molecule has 6 nitrogen and oxygen atoms in total. The van der Waals surface area contributed by atoms with Crippen molar-refractivity contribution in [2.24, 2.45) is 5.41 Å². The number of carbonyl (C=O) groups excluding carboxylic acids is 1. The standard InChI is InChI=1S/C19H20ClN3O3S/c1-25-10-19(2-3-19)18(24)21-7-13-4-12-5-15(20)17(6-16(12)23-13)26-8-14-9-27-11-22-14/h4-6,9,11,23H,2-3,7-8,10H2,1H3,(H,21,24). The van der Waals surface area contributed by atoms with Gasteiger partial charge in [0, 0.05) is 35.2 Å². The van der Waals surface area contributed by atoms with Crippen LogP contribution in [-0.2, 0) is 22.7 Å². The van der Waals surface area contributed by atoms with Gasteiger partial charge in [-0.2, -0.15) is 0 Å². The molecule has 1 aromatic carbocycles. The first kappa shape index (κ1) is 18.3. The zero-order chi connectivity index (χ0) is 18.9. The highest BCUT2D eigenvalue weighted by molar-refractivity contribution is 7.07. The second kappa shape index (κ2) is 7.50. The lowest BCUT2D eigenvalue weighted by molar-refractivity contribution is -0.128. The van der Waals surface area contributed by atoms with E-state index in [-0.39, 0.29) is 11.3 Å². The summed E-state index contributed by atoms with van der Waals surface area (Å²) in [5, 5.41) is 6.46. The Morgan fingerprint density at radius 3 is 2.96 bits per heavy atom. The molecule has 0 spiro atoms. The predicted octanol–water partition coefficient (Wildman–Crippen LogP) is 3.90. The maximum Gasteiger partial charge on any atom is 0.228 e. The first-order valence-electron chi connectivity index (χ1n) is 8.68. The monoisotopic (exact) mass is 405 g/mol. The molecule has 1 fully saturated rings. The molecule has 2 heterocycles. The van der Waals surface area contributed by atoms with Crippen molar-refractivity contribution in [2.45, 2.75) is 26.0 Å². The Balaban J connectivity index is 1.43. The number of hydrogen-bond acceptors (Lipinski definition) is 5. The number of hydrogen-bond donors (Lipinski definition) is 2. The second-order valence-corrected chi connectivity index (χ2v) is 7.95. The minimum Gasteiger partial charge on any atom is -0.486 e. The van der Waals surface area contributed by atoms with E-state index in [2.05, 4.69) is 15.3 Å². The van der Waals surface area contributed by atoms with Crippen molar-refractivity contribution in [2.75, 3.05) is 13.7 Å². The fourth-order valence-electron chi connectivity index (χ4n) is 3.09. The molecule has 1 saturated carbocycles. The molecule has 0 saturated heterocycles. The van der Waals surface area contributed by atoms with Gasteiger partial charge < -0.3 is 19.8 Å². The van der Waals surface area contributed by atoms with E-state index in [0.29, 0.717) is 30.5 Å². The lowest BCUT2D eigenvalue weighted by Gasteiger charge is -2.13. The number of amides is 1. The van der Waals surface area contributed by atoms with Gasteiger partial charge in [-0.1, -0.05) is 11.6 Å². The van der Waals surface area contributed by atoms with Gasteiger partial charge >= 0.3 is 0 Å². The van der Waals surface area contributed by atoms with Gasteiger partial charge in [-0.15, -0.1) is 11.3 Å². The largest absolute Gasteiger partial charge is 0.486 e. The van der Waals surface area contributed by atoms with Crippen LogP contribution in [0.5, 0.6) is 5.75 Å². The molecule has 0 aliphatic heterocycles. The van der Waals surface area contributed by atoms with Crippen LogP contribution in [-0.4, -0.2) is 29.6 Å². The number of aromatic nitrogens is 2. The molecule has 0 atom stereocenters. The zero-order valence-electron chi connectivity index (χ0n) is 14.9. The molecule has 3 aromatic rings. The minimum absolute atomic E-state index is 0.0494. The maximum absolute atomic E-state index is 12.4. The third-order valence-electron chi connectivity index (χ3n) is 4.78. The molecule has 4 rings (SSSR count). The fraction of sp³-hybridized carbons (Fsp3) is 0.368. The minimum atomic E-state index is -0.333. The Morgan fingerprint density at radius 1 is 1.41 bits per heavy atom. The van der Waals surface area contributed by atoms with E-state index in [1.165, 1.54) is 11.3 Å². The van der Waals surface area contributed by atoms with Crippen molar-refractivity contribution in [3.05, 3.63) is 45.5 Å². The van der Waals surface area contributed by atoms with Gasteiger partial charge in [-0.25, -0.2) is 4.98 Å². The molecule has 2 N–H and O–H groups in total. The van der Waals surface area contributed by atoms with Gasteiger partial charge in [0.15, 0.2) is 0 Å². The lowest BCUT2D eigenvalue weighted by atomic mass is 10.1. The van der Waals surface area contributed by atoms with Gasteiger partial charge in [-0.05, 0) is 25.0 Å². The Morgan fingerprint density at radius 2 is 2.26 bits per heavy atom. The highest BCUT2D eigenvalue weighted by Crippen LogP contribution is 2.46. The molecule has 0 bridgehead atoms. The number of carbonyl (C=O) groups is 1. The normalized spacial score (nSPS) is 15.0. The van der Waals surface area contributed by atoms with E-state index < -0.39 is 0 Å². The lowest BCUT2D eigenvalue weighted by Crippen LogP contribution is -2.34. The number of fused-ring (bicyclic) bond motifs is 1. The van der Waals surface area contributed by atoms with E-state index >= 15 is 0 Å². The van der Waals surface area contributed by atoms with Gasteiger partial charge in [0.25, 0.3) is 0 Å². The highest BCUT2D eigenvalue weighted by Gasteiger charge is 2.49. The van der Waals surface area contributed by atoms with E-state index in [1.54, 1.807) is 12.6 Å². The van der Waals surface area contributed by atoms with E-state index in [1.807, 2.05) is 23.6 Å². The molecule has 1 aliphatic rings. The Kier molecular flexibility index (Phi) is 5.08. The number of thiazole rings is 1. The van der Waals surface area contributed by atoms with Crippen molar-refractivity contribution in [3.8, 4) is 5.75 Å². The van der Waals surface area contributed by atoms with Crippen LogP contribution in [0.1, 0.15) is 24.2 Å². The average molecular weight is 406 g/mol. The summed E-state index contributed by atoms with van der Waals surface area (Å²) in [6.07, 6.45) is 1.77. The van der Waals surface area contributed by atoms with Crippen molar-refractivity contribution in [1.82, 2.24) is 15.3 Å². The van der Waals surface area contributed by atoms with Gasteiger partial charge in [0.2, 0.25) is 5.91 Å². The van der Waals surface area contributed by atoms with Gasteiger partial charge in [-0.3, -0.25) is 4.79 Å². The van der Waals surface area contributed by atoms with Crippen LogP contribution < -0.4 is 10.1 Å². The summed E-state index contributed by atoms with van der Waals surface area (Å²) in [5.41, 5.74) is 4.14. The maximum atomic E-state index is 12.4. The number of halogens is 1. The first-order chi connectivity index (χ1) is 13.1. The molecular formula is C19H20ClN3O3S. The second-order valence-electron chi connectivity index (χ2n) is 6.83. The molecule has 0 radical (unpaired) electrons. The van der Waals surface area contributed by atoms with Gasteiger partial charge in [0.05, 0.1) is 34.8 Å². The van der Waals surface area contributed by atoms with Crippen LogP contribution in [0.15, 0.2) is 29.1 Å². The summed E-state index contributed by atoms with van der Waals surface area (Å²) < 4.78 is 11.0. The summed E-state index contributed by atoms with van der Waals surface area (Å²) >= 11 is 7.87. The third kappa shape index (κ3) is 3.95. The highest BCUT2D eigenvalue weighted by atomic mass is 35.5. The number of methoxy groups -OCH3 is 1. The molecule has 1 amide bonds. The summed E-state index contributed by atoms with van der Waals surface area (Å²) in [6.45, 7) is 1.28. The Labute approximate surface area is 165 Å². The number of benzene rings is 1. The Bertz CT molecular complexity index is 951. The van der Waals surface area contributed by atoms with E-state index in [0.717, 1.165) is 35.1 Å². The summed E-state index contributed by atoms with van der Waals surface area (Å²) in [4.78, 5) is 19.9. The predicted molar refractivity (Wildman–Crippen MR) is 105 cm³/mol. The SMILES string of the molecule is COCC1(C(=O)NCc2cc3cc(Cl)c(OCc4cscn4)cc3[nH]2)CC1. The number of aromatic amines is 1. The molecule has 1 aliphatic carbocycles. The molecular weight excluding hydrogens is 386 g/mol. The molecule has 8 heteroatoms. The third-order valence-corrected chi connectivity index (χ3v) is 5.71. The molecule has 142 valence electrons. The smallest absolute Gasteiger partial charge is 0.228 e. The Hall–Kier alpha value is -2.09. The van der Waals surface area contributed by atoms with Crippen LogP contribution in [0.3, 0.4) is 0 Å². The number of H-pyrrole nitrogens is 1. The van der Waals surface area contributed by atoms with Crippen LogP contribution in [0, 0.1) is 5.41 Å². The summed E-state index contributed by atoms with van der Waals surface area (Å²) in [5.74, 6) is 0.653.